The molecule has 0 N–H and O–H groups in total. The molecule has 1 fully saturated rings. The summed E-state index contributed by atoms with van der Waals surface area (Å²) in [5.74, 6) is -0.416. The average molecular weight is 310 g/mol. The third-order valence-electron chi connectivity index (χ3n) is 3.24. The molecule has 1 aliphatic rings. The van der Waals surface area contributed by atoms with Crippen molar-refractivity contribution in [2.45, 2.75) is 25.7 Å². The Kier molecular flexibility index (Phi) is 3.68. The number of carbonyl (C=O) groups is 1. The van der Waals surface area contributed by atoms with Crippen LogP contribution in [-0.4, -0.2) is 17.6 Å². The zero-order chi connectivity index (χ0) is 15.0. The maximum absolute atomic E-state index is 13.2. The zero-order valence-corrected chi connectivity index (χ0v) is 12.1. The molecular formula is C15H13ClFNO3. The summed E-state index contributed by atoms with van der Waals surface area (Å²) in [6.07, 6.45) is 1.95. The molecule has 0 radical (unpaired) electrons. The molecule has 1 aromatic carbocycles. The number of hydrogen-bond donors (Lipinski definition) is 0. The van der Waals surface area contributed by atoms with Crippen LogP contribution in [0.25, 0.3) is 11.5 Å². The maximum Gasteiger partial charge on any atom is 0.376 e. The fourth-order valence-corrected chi connectivity index (χ4v) is 2.24. The van der Waals surface area contributed by atoms with E-state index in [0.29, 0.717) is 11.3 Å². The van der Waals surface area contributed by atoms with E-state index in [4.69, 9.17) is 20.8 Å². The fraction of sp³-hybridized carbons (Fsp3) is 0.333. The molecule has 1 heterocycles. The van der Waals surface area contributed by atoms with Gasteiger partial charge in [0.05, 0.1) is 17.3 Å². The van der Waals surface area contributed by atoms with Gasteiger partial charge in [0.2, 0.25) is 11.7 Å². The fourth-order valence-electron chi connectivity index (χ4n) is 2.06. The number of benzene rings is 1. The first kappa shape index (κ1) is 14.1. The van der Waals surface area contributed by atoms with Crippen molar-refractivity contribution in [2.75, 3.05) is 6.61 Å². The number of carbonyl (C=O) groups excluding carboxylic acids is 1. The van der Waals surface area contributed by atoms with Gasteiger partial charge in [-0.05, 0) is 38.0 Å². The Morgan fingerprint density at radius 3 is 2.90 bits per heavy atom. The Hall–Kier alpha value is -1.88. The second-order valence-corrected chi connectivity index (χ2v) is 5.26. The predicted octanol–water partition coefficient (Wildman–Crippen LogP) is 4.19. The number of ether oxygens (including phenoxy) is 1. The third-order valence-corrected chi connectivity index (χ3v) is 3.53. The van der Waals surface area contributed by atoms with E-state index >= 15 is 0 Å². The molecule has 1 aromatic heterocycles. The quantitative estimate of drug-likeness (QED) is 0.795. The van der Waals surface area contributed by atoms with Crippen LogP contribution < -0.4 is 0 Å². The smallest absolute Gasteiger partial charge is 0.376 e. The van der Waals surface area contributed by atoms with Crippen LogP contribution in [0.2, 0.25) is 5.02 Å². The van der Waals surface area contributed by atoms with E-state index in [-0.39, 0.29) is 29.2 Å². The average Bonchev–Trinajstić information content (AvgIpc) is 3.21. The van der Waals surface area contributed by atoms with Crippen LogP contribution in [0.4, 0.5) is 4.39 Å². The van der Waals surface area contributed by atoms with Crippen molar-refractivity contribution in [1.82, 2.24) is 4.98 Å². The summed E-state index contributed by atoms with van der Waals surface area (Å²) in [5.41, 5.74) is 1.14. The Labute approximate surface area is 125 Å². The molecule has 0 unspecified atom stereocenters. The minimum absolute atomic E-state index is 0.0173. The Bertz CT molecular complexity index is 694. The molecule has 110 valence electrons. The van der Waals surface area contributed by atoms with E-state index in [1.54, 1.807) is 6.92 Å². The lowest BCUT2D eigenvalue weighted by Gasteiger charge is -1.99. The van der Waals surface area contributed by atoms with Crippen molar-refractivity contribution >= 4 is 17.6 Å². The molecule has 6 heteroatoms. The summed E-state index contributed by atoms with van der Waals surface area (Å²) in [6.45, 7) is 1.99. The largest absolute Gasteiger partial charge is 0.460 e. The Balaban J connectivity index is 2.01. The van der Waals surface area contributed by atoms with Crippen LogP contribution in [0.1, 0.15) is 41.9 Å². The maximum atomic E-state index is 13.2. The molecule has 1 aliphatic carbocycles. The molecule has 0 aliphatic heterocycles. The molecule has 0 amide bonds. The second-order valence-electron chi connectivity index (χ2n) is 4.86. The predicted molar refractivity (Wildman–Crippen MR) is 74.8 cm³/mol. The van der Waals surface area contributed by atoms with Crippen molar-refractivity contribution in [2.24, 2.45) is 0 Å². The number of oxazole rings is 1. The molecule has 0 atom stereocenters. The van der Waals surface area contributed by atoms with Crippen molar-refractivity contribution in [3.63, 3.8) is 0 Å². The summed E-state index contributed by atoms with van der Waals surface area (Å²) in [4.78, 5) is 16.3. The highest BCUT2D eigenvalue weighted by molar-refractivity contribution is 6.31. The van der Waals surface area contributed by atoms with E-state index in [1.165, 1.54) is 18.2 Å². The van der Waals surface area contributed by atoms with Gasteiger partial charge < -0.3 is 9.15 Å². The van der Waals surface area contributed by atoms with Crippen LogP contribution in [0.3, 0.4) is 0 Å². The zero-order valence-electron chi connectivity index (χ0n) is 11.4. The van der Waals surface area contributed by atoms with Gasteiger partial charge in [-0.3, -0.25) is 0 Å². The van der Waals surface area contributed by atoms with Crippen molar-refractivity contribution in [3.05, 3.63) is 40.5 Å². The Morgan fingerprint density at radius 1 is 1.52 bits per heavy atom. The molecule has 2 aromatic rings. The molecule has 1 saturated carbocycles. The van der Waals surface area contributed by atoms with Gasteiger partial charge >= 0.3 is 5.97 Å². The molecular weight excluding hydrogens is 297 g/mol. The number of rotatable bonds is 4. The normalized spacial score (nSPS) is 14.2. The summed E-state index contributed by atoms with van der Waals surface area (Å²) in [6, 6.07) is 4.18. The minimum Gasteiger partial charge on any atom is -0.460 e. The van der Waals surface area contributed by atoms with Gasteiger partial charge in [0.25, 0.3) is 0 Å². The van der Waals surface area contributed by atoms with Crippen molar-refractivity contribution in [1.29, 1.82) is 0 Å². The van der Waals surface area contributed by atoms with Gasteiger partial charge in [-0.15, -0.1) is 0 Å². The second kappa shape index (κ2) is 5.48. The highest BCUT2D eigenvalue weighted by Crippen LogP contribution is 2.42. The van der Waals surface area contributed by atoms with Crippen LogP contribution in [0.5, 0.6) is 0 Å². The highest BCUT2D eigenvalue weighted by Gasteiger charge is 2.34. The molecule has 3 rings (SSSR count). The van der Waals surface area contributed by atoms with Gasteiger partial charge in [0.1, 0.15) is 5.82 Å². The van der Waals surface area contributed by atoms with Gasteiger partial charge in [0.15, 0.2) is 0 Å². The Morgan fingerprint density at radius 2 is 2.29 bits per heavy atom. The number of hydrogen-bond acceptors (Lipinski definition) is 4. The molecule has 21 heavy (non-hydrogen) atoms. The van der Waals surface area contributed by atoms with Crippen molar-refractivity contribution < 1.29 is 18.3 Å². The van der Waals surface area contributed by atoms with Crippen LogP contribution >= 0.6 is 11.6 Å². The van der Waals surface area contributed by atoms with Gasteiger partial charge in [0, 0.05) is 11.5 Å². The van der Waals surface area contributed by atoms with Crippen LogP contribution in [-0.2, 0) is 4.74 Å². The molecule has 0 bridgehead atoms. The van der Waals surface area contributed by atoms with Gasteiger partial charge in [-0.2, -0.15) is 0 Å². The minimum atomic E-state index is -0.522. The molecule has 0 spiro atoms. The summed E-state index contributed by atoms with van der Waals surface area (Å²) < 4.78 is 23.7. The van der Waals surface area contributed by atoms with Gasteiger partial charge in [-0.25, -0.2) is 14.2 Å². The molecule has 0 saturated heterocycles. The number of halogens is 2. The number of nitrogens with zero attached hydrogens (tertiary/aromatic N) is 1. The lowest BCUT2D eigenvalue weighted by Crippen LogP contribution is -2.05. The van der Waals surface area contributed by atoms with E-state index in [1.807, 2.05) is 0 Å². The lowest BCUT2D eigenvalue weighted by molar-refractivity contribution is 0.0489. The van der Waals surface area contributed by atoms with Gasteiger partial charge in [-0.1, -0.05) is 11.6 Å². The van der Waals surface area contributed by atoms with Crippen LogP contribution in [0.15, 0.2) is 22.6 Å². The summed E-state index contributed by atoms with van der Waals surface area (Å²) in [5, 5.41) is -0.0173. The number of esters is 1. The van der Waals surface area contributed by atoms with E-state index in [2.05, 4.69) is 4.98 Å². The van der Waals surface area contributed by atoms with E-state index in [9.17, 15) is 9.18 Å². The summed E-state index contributed by atoms with van der Waals surface area (Å²) >= 11 is 5.76. The summed E-state index contributed by atoms with van der Waals surface area (Å²) in [7, 11) is 0. The first-order valence-corrected chi connectivity index (χ1v) is 7.11. The van der Waals surface area contributed by atoms with E-state index < -0.39 is 11.8 Å². The van der Waals surface area contributed by atoms with Crippen molar-refractivity contribution in [3.8, 4) is 11.5 Å². The van der Waals surface area contributed by atoms with Crippen LogP contribution in [0, 0.1) is 5.82 Å². The SMILES string of the molecule is CCOC(=O)c1oc(-c2ccc(F)c(Cl)c2)nc1C1CC1. The first-order valence-electron chi connectivity index (χ1n) is 6.73. The lowest BCUT2D eigenvalue weighted by atomic mass is 10.2. The standard InChI is InChI=1S/C15H13ClFNO3/c1-2-20-15(19)13-12(8-3-4-8)18-14(21-13)9-5-6-11(17)10(16)7-9/h5-8H,2-4H2,1H3. The highest BCUT2D eigenvalue weighted by atomic mass is 35.5. The molecule has 4 nitrogen and oxygen atoms in total. The topological polar surface area (TPSA) is 52.3 Å². The number of aromatic nitrogens is 1. The monoisotopic (exact) mass is 309 g/mol. The van der Waals surface area contributed by atoms with E-state index in [0.717, 1.165) is 12.8 Å². The first-order chi connectivity index (χ1) is 10.1. The third kappa shape index (κ3) is 2.78.